The fourth-order valence-electron chi connectivity index (χ4n) is 7.61. The molecule has 2 bridgehead atoms. The number of carbonyl (C=O) groups is 5. The second-order valence-electron chi connectivity index (χ2n) is 14.8. The molecule has 308 valence electrons. The summed E-state index contributed by atoms with van der Waals surface area (Å²) in [4.78, 5) is 63.2. The summed E-state index contributed by atoms with van der Waals surface area (Å²) < 4.78 is 22.1. The smallest absolute Gasteiger partial charge is 0.407 e. The number of esters is 1. The molecular formula is C40H59NO14. The highest BCUT2D eigenvalue weighted by Crippen LogP contribution is 2.56. The number of alkyl carbamates (subject to hydrolysis) is 1. The molecule has 1 amide bonds. The van der Waals surface area contributed by atoms with Crippen LogP contribution in [0.1, 0.15) is 116 Å². The van der Waals surface area contributed by atoms with Crippen LogP contribution in [0.2, 0.25) is 0 Å². The zero-order valence-corrected chi connectivity index (χ0v) is 32.2. The van der Waals surface area contributed by atoms with Gasteiger partial charge in [-0.05, 0) is 30.4 Å². The van der Waals surface area contributed by atoms with Gasteiger partial charge in [0.2, 0.25) is 17.5 Å². The third-order valence-corrected chi connectivity index (χ3v) is 10.5. The maximum atomic E-state index is 13.0. The largest absolute Gasteiger partial charge is 0.479 e. The Balaban J connectivity index is 1.75. The lowest BCUT2D eigenvalue weighted by molar-refractivity contribution is -0.373. The van der Waals surface area contributed by atoms with Crippen molar-refractivity contribution in [3.63, 3.8) is 0 Å². The standard InChI is InChI=1S/C40H59NO14/c1-5-6-7-8-9-10-11-12-13-14-15-19-24-41-37(50)53-32-31(43)38(54-33(34(44)45)39(51,35(46)47)40(32,55-38)36(48)49)23-22-26(2)30(52-28(4)42)27(3)25-29-20-17-16-18-21-29/h16-18,20-21,27,30-33,43,51H,2,5-15,19,22-25H2,1,3-4H3,(H,41,50)(H,44,45)(H,46,47)(H,48,49)/t27?,30?,31-,32-,33-,38-,39-,40-/m1/s1. The van der Waals surface area contributed by atoms with Crippen molar-refractivity contribution < 1.29 is 68.5 Å². The fraction of sp³-hybridized carbons (Fsp3) is 0.675. The number of aliphatic carboxylic acids is 3. The minimum Gasteiger partial charge on any atom is -0.479 e. The SMILES string of the molecule is C=C(CC[C@@]12O[C@H](C(=O)O)[C@@](O)(C(=O)O)[C@@](C(=O)O)(O1)[C@H](OC(=O)NCCCCCCCCCCCCCC)[C@H]2O)C(OC(C)=O)C(C)Cc1ccccc1. The van der Waals surface area contributed by atoms with Gasteiger partial charge in [0.1, 0.15) is 12.2 Å². The van der Waals surface area contributed by atoms with Crippen LogP contribution in [0.4, 0.5) is 4.79 Å². The molecule has 2 aliphatic heterocycles. The number of rotatable bonds is 25. The second-order valence-corrected chi connectivity index (χ2v) is 14.8. The molecule has 6 N–H and O–H groups in total. The van der Waals surface area contributed by atoms with Crippen molar-refractivity contribution in [2.45, 2.75) is 158 Å². The van der Waals surface area contributed by atoms with E-state index in [0.29, 0.717) is 12.8 Å². The molecule has 8 atom stereocenters. The van der Waals surface area contributed by atoms with E-state index in [2.05, 4.69) is 18.8 Å². The highest BCUT2D eigenvalue weighted by molar-refractivity contribution is 5.98. The summed E-state index contributed by atoms with van der Waals surface area (Å²) in [5.74, 6) is -10.3. The molecule has 0 spiro atoms. The lowest BCUT2D eigenvalue weighted by atomic mass is 9.74. The molecule has 0 radical (unpaired) electrons. The first-order valence-electron chi connectivity index (χ1n) is 19.4. The van der Waals surface area contributed by atoms with Gasteiger partial charge in [0.15, 0.2) is 6.10 Å². The van der Waals surface area contributed by atoms with Crippen LogP contribution in [0.5, 0.6) is 0 Å². The Hall–Kier alpha value is -4.05. The summed E-state index contributed by atoms with van der Waals surface area (Å²) in [5.41, 5.74) is -6.26. The number of unbranched alkanes of at least 4 members (excludes halogenated alkanes) is 11. The predicted molar refractivity (Wildman–Crippen MR) is 198 cm³/mol. The van der Waals surface area contributed by atoms with E-state index in [0.717, 1.165) is 31.2 Å². The van der Waals surface area contributed by atoms with E-state index in [1.165, 1.54) is 51.9 Å². The molecule has 0 aliphatic carbocycles. The van der Waals surface area contributed by atoms with E-state index in [-0.39, 0.29) is 24.5 Å². The van der Waals surface area contributed by atoms with Crippen molar-refractivity contribution in [1.29, 1.82) is 0 Å². The topological polar surface area (TPSA) is 235 Å². The highest BCUT2D eigenvalue weighted by Gasteiger charge is 2.86. The third-order valence-electron chi connectivity index (χ3n) is 10.5. The first-order valence-corrected chi connectivity index (χ1v) is 19.4. The van der Waals surface area contributed by atoms with Gasteiger partial charge in [-0.25, -0.2) is 19.2 Å². The first-order chi connectivity index (χ1) is 26.1. The molecule has 0 aromatic heterocycles. The number of carboxylic acids is 3. The Morgan fingerprint density at radius 2 is 1.45 bits per heavy atom. The minimum atomic E-state index is -3.90. The maximum Gasteiger partial charge on any atom is 0.407 e. The molecule has 0 saturated carbocycles. The van der Waals surface area contributed by atoms with E-state index in [9.17, 15) is 49.5 Å². The quantitative estimate of drug-likeness (QED) is 0.0429. The van der Waals surface area contributed by atoms with Crippen molar-refractivity contribution in [3.8, 4) is 0 Å². The first kappa shape index (κ1) is 45.3. The Morgan fingerprint density at radius 1 is 0.891 bits per heavy atom. The van der Waals surface area contributed by atoms with Gasteiger partial charge in [0.05, 0.1) is 0 Å². The number of amides is 1. The fourth-order valence-corrected chi connectivity index (χ4v) is 7.61. The van der Waals surface area contributed by atoms with Gasteiger partial charge in [-0.2, -0.15) is 0 Å². The highest BCUT2D eigenvalue weighted by atomic mass is 16.8. The lowest BCUT2D eigenvalue weighted by Gasteiger charge is -2.48. The van der Waals surface area contributed by atoms with Crippen molar-refractivity contribution in [1.82, 2.24) is 5.32 Å². The summed E-state index contributed by atoms with van der Waals surface area (Å²) in [6.45, 7) is 9.34. The van der Waals surface area contributed by atoms with Gasteiger partial charge in [-0.15, -0.1) is 0 Å². The van der Waals surface area contributed by atoms with Crippen molar-refractivity contribution in [2.24, 2.45) is 5.92 Å². The van der Waals surface area contributed by atoms with Crippen LogP contribution in [0.15, 0.2) is 42.5 Å². The molecule has 3 rings (SSSR count). The number of benzene rings is 1. The van der Waals surface area contributed by atoms with Gasteiger partial charge in [0, 0.05) is 25.8 Å². The van der Waals surface area contributed by atoms with Crippen LogP contribution < -0.4 is 5.32 Å². The second kappa shape index (κ2) is 20.7. The summed E-state index contributed by atoms with van der Waals surface area (Å²) in [6, 6.07) is 9.32. The molecule has 2 fully saturated rings. The summed E-state index contributed by atoms with van der Waals surface area (Å²) in [7, 11) is 0. The lowest BCUT2D eigenvalue weighted by Crippen LogP contribution is -2.78. The van der Waals surface area contributed by atoms with Crippen molar-refractivity contribution in [2.75, 3.05) is 6.54 Å². The van der Waals surface area contributed by atoms with Crippen LogP contribution in [0, 0.1) is 5.92 Å². The van der Waals surface area contributed by atoms with E-state index in [4.69, 9.17) is 18.9 Å². The molecule has 15 heteroatoms. The number of carbonyl (C=O) groups excluding carboxylic acids is 2. The Bertz CT molecular complexity index is 1470. The number of fused-ring (bicyclic) bond motifs is 2. The Labute approximate surface area is 322 Å². The average Bonchev–Trinajstić information content (AvgIpc) is 3.35. The molecule has 1 aromatic carbocycles. The molecule has 2 unspecified atom stereocenters. The van der Waals surface area contributed by atoms with Gasteiger partial charge in [-0.1, -0.05) is 121 Å². The zero-order valence-electron chi connectivity index (χ0n) is 32.2. The predicted octanol–water partition coefficient (Wildman–Crippen LogP) is 5.14. The van der Waals surface area contributed by atoms with Crippen molar-refractivity contribution in [3.05, 3.63) is 48.0 Å². The van der Waals surface area contributed by atoms with E-state index in [1.54, 1.807) is 0 Å². The summed E-state index contributed by atoms with van der Waals surface area (Å²) in [6.07, 6.45) is 2.93. The zero-order chi connectivity index (χ0) is 40.8. The molecule has 2 saturated heterocycles. The van der Waals surface area contributed by atoms with Crippen LogP contribution in [-0.2, 0) is 44.5 Å². The number of nitrogens with one attached hydrogen (secondary N) is 1. The minimum absolute atomic E-state index is 0.0983. The number of aliphatic hydroxyl groups is 2. The number of hydrogen-bond donors (Lipinski definition) is 6. The van der Waals surface area contributed by atoms with E-state index >= 15 is 0 Å². The molecule has 15 nitrogen and oxygen atoms in total. The van der Waals surface area contributed by atoms with Crippen LogP contribution in [-0.4, -0.2) is 103 Å². The Morgan fingerprint density at radius 3 is 1.96 bits per heavy atom. The van der Waals surface area contributed by atoms with Crippen LogP contribution in [0.25, 0.3) is 0 Å². The van der Waals surface area contributed by atoms with Gasteiger partial charge in [0.25, 0.3) is 5.60 Å². The maximum absolute atomic E-state index is 13.0. The van der Waals surface area contributed by atoms with Crippen molar-refractivity contribution >= 4 is 30.0 Å². The van der Waals surface area contributed by atoms with Crippen LogP contribution in [0.3, 0.4) is 0 Å². The number of ether oxygens (including phenoxy) is 4. The molecule has 2 aliphatic rings. The number of hydrogen-bond acceptors (Lipinski definition) is 11. The molecule has 1 aromatic rings. The number of carboxylic acid groups (broad SMARTS) is 3. The Kier molecular flexibility index (Phi) is 17.1. The molecule has 2 heterocycles. The number of aliphatic hydroxyl groups excluding tert-OH is 1. The van der Waals surface area contributed by atoms with E-state index in [1.807, 2.05) is 37.3 Å². The normalized spacial score (nSPS) is 26.7. The van der Waals surface area contributed by atoms with Gasteiger partial charge in [-0.3, -0.25) is 4.79 Å². The third kappa shape index (κ3) is 10.8. The monoisotopic (exact) mass is 777 g/mol. The van der Waals surface area contributed by atoms with Crippen LogP contribution >= 0.6 is 0 Å². The van der Waals surface area contributed by atoms with Gasteiger partial charge >= 0.3 is 30.0 Å². The summed E-state index contributed by atoms with van der Waals surface area (Å²) >= 11 is 0. The van der Waals surface area contributed by atoms with E-state index < -0.39 is 77.8 Å². The molecule has 55 heavy (non-hydrogen) atoms. The summed E-state index contributed by atoms with van der Waals surface area (Å²) in [5, 5.41) is 56.2. The molecular weight excluding hydrogens is 718 g/mol. The average molecular weight is 778 g/mol. The van der Waals surface area contributed by atoms with Gasteiger partial charge < -0.3 is 49.8 Å².